The van der Waals surface area contributed by atoms with Gasteiger partial charge >= 0.3 is 6.03 Å². The van der Waals surface area contributed by atoms with E-state index in [0.717, 1.165) is 5.56 Å². The molecule has 0 aliphatic carbocycles. The number of urea groups is 1. The smallest absolute Gasteiger partial charge is 0.323 e. The summed E-state index contributed by atoms with van der Waals surface area (Å²) in [6, 6.07) is 12.0. The quantitative estimate of drug-likeness (QED) is 0.487. The molecule has 0 bridgehead atoms. The van der Waals surface area contributed by atoms with Crippen LogP contribution in [0.1, 0.15) is 0 Å². The molecule has 0 aliphatic rings. The van der Waals surface area contributed by atoms with E-state index in [1.54, 1.807) is 30.5 Å². The highest BCUT2D eigenvalue weighted by Gasteiger charge is 2.10. The van der Waals surface area contributed by atoms with Gasteiger partial charge in [0.05, 0.1) is 19.9 Å². The highest BCUT2D eigenvalue weighted by Crippen LogP contribution is 2.25. The van der Waals surface area contributed by atoms with Gasteiger partial charge in [0, 0.05) is 23.5 Å². The lowest BCUT2D eigenvalue weighted by atomic mass is 10.2. The van der Waals surface area contributed by atoms with E-state index >= 15 is 0 Å². The van der Waals surface area contributed by atoms with Crippen LogP contribution in [0.25, 0.3) is 11.4 Å². The van der Waals surface area contributed by atoms with Gasteiger partial charge in [0.2, 0.25) is 0 Å². The zero-order chi connectivity index (χ0) is 20.6. The Morgan fingerprint density at radius 2 is 1.69 bits per heavy atom. The van der Waals surface area contributed by atoms with Crippen molar-refractivity contribution in [2.24, 2.45) is 0 Å². The van der Waals surface area contributed by atoms with E-state index in [-0.39, 0.29) is 12.4 Å². The second kappa shape index (κ2) is 9.47. The number of aliphatic hydroxyl groups excluding tert-OH is 1. The number of aromatic nitrogens is 2. The molecule has 0 radical (unpaired) electrons. The number of amides is 2. The van der Waals surface area contributed by atoms with Gasteiger partial charge < -0.3 is 25.8 Å². The number of carbonyl (C=O) groups is 1. The summed E-state index contributed by atoms with van der Waals surface area (Å²) in [5.41, 5.74) is 1.79. The van der Waals surface area contributed by atoms with Gasteiger partial charge in [0.25, 0.3) is 0 Å². The van der Waals surface area contributed by atoms with E-state index in [0.29, 0.717) is 35.3 Å². The van der Waals surface area contributed by atoms with Crippen molar-refractivity contribution < 1.29 is 19.0 Å². The molecule has 0 fully saturated rings. The molecule has 150 valence electrons. The molecular weight excluding hydrogens is 377 g/mol. The number of benzene rings is 2. The number of hydrogen-bond donors (Lipinski definition) is 4. The van der Waals surface area contributed by atoms with Crippen molar-refractivity contribution in [3.8, 4) is 17.1 Å². The molecule has 0 spiro atoms. The number of aliphatic hydroxyl groups is 1. The molecule has 1 aromatic heterocycles. The molecule has 0 unspecified atom stereocenters. The lowest BCUT2D eigenvalue weighted by Crippen LogP contribution is -2.19. The maximum absolute atomic E-state index is 12.9. The van der Waals surface area contributed by atoms with E-state index < -0.39 is 6.03 Å². The first-order valence-corrected chi connectivity index (χ1v) is 8.79. The van der Waals surface area contributed by atoms with Gasteiger partial charge in [-0.3, -0.25) is 0 Å². The fourth-order valence-corrected chi connectivity index (χ4v) is 2.49. The maximum Gasteiger partial charge on any atom is 0.323 e. The van der Waals surface area contributed by atoms with Crippen molar-refractivity contribution in [2.45, 2.75) is 0 Å². The van der Waals surface area contributed by atoms with Gasteiger partial charge in [-0.05, 0) is 48.5 Å². The molecular formula is C20H20FN5O3. The molecule has 0 saturated heterocycles. The van der Waals surface area contributed by atoms with E-state index in [9.17, 15) is 9.18 Å². The van der Waals surface area contributed by atoms with Crippen LogP contribution in [0.2, 0.25) is 0 Å². The van der Waals surface area contributed by atoms with Crippen LogP contribution < -0.4 is 20.7 Å². The highest BCUT2D eigenvalue weighted by atomic mass is 19.1. The van der Waals surface area contributed by atoms with Gasteiger partial charge in [-0.1, -0.05) is 0 Å². The summed E-state index contributed by atoms with van der Waals surface area (Å²) in [4.78, 5) is 20.7. The second-order valence-corrected chi connectivity index (χ2v) is 5.92. The number of rotatable bonds is 7. The van der Waals surface area contributed by atoms with Crippen LogP contribution in [-0.2, 0) is 0 Å². The maximum atomic E-state index is 12.9. The minimum Gasteiger partial charge on any atom is -0.491 e. The Balaban J connectivity index is 1.68. The summed E-state index contributed by atoms with van der Waals surface area (Å²) in [6.45, 7) is 0.293. The van der Waals surface area contributed by atoms with Crippen molar-refractivity contribution in [1.82, 2.24) is 9.97 Å². The van der Waals surface area contributed by atoms with Crippen LogP contribution in [0.5, 0.6) is 5.75 Å². The summed E-state index contributed by atoms with van der Waals surface area (Å²) < 4.78 is 18.1. The predicted octanol–water partition coefficient (Wildman–Crippen LogP) is 3.34. The molecule has 0 aliphatic heterocycles. The minimum atomic E-state index is -0.444. The number of hydrogen-bond acceptors (Lipinski definition) is 6. The molecule has 29 heavy (non-hydrogen) atoms. The molecule has 0 atom stereocenters. The summed E-state index contributed by atoms with van der Waals surface area (Å²) in [5.74, 6) is 1.04. The van der Waals surface area contributed by atoms with Gasteiger partial charge in [0.15, 0.2) is 17.4 Å². The van der Waals surface area contributed by atoms with Crippen LogP contribution in [0.15, 0.2) is 54.7 Å². The van der Waals surface area contributed by atoms with Gasteiger partial charge in [-0.15, -0.1) is 0 Å². The van der Waals surface area contributed by atoms with Crippen LogP contribution in [0.3, 0.4) is 0 Å². The molecule has 0 saturated carbocycles. The van der Waals surface area contributed by atoms with Crippen LogP contribution >= 0.6 is 0 Å². The van der Waals surface area contributed by atoms with Crippen LogP contribution in [-0.4, -0.2) is 41.4 Å². The Hall–Kier alpha value is -3.72. The normalized spacial score (nSPS) is 10.3. The Morgan fingerprint density at radius 1 is 1.07 bits per heavy atom. The first kappa shape index (κ1) is 20.0. The van der Waals surface area contributed by atoms with Crippen LogP contribution in [0, 0.1) is 5.82 Å². The van der Waals surface area contributed by atoms with Gasteiger partial charge in [-0.2, -0.15) is 0 Å². The molecule has 2 amide bonds. The Morgan fingerprint density at radius 3 is 2.28 bits per heavy atom. The second-order valence-electron chi connectivity index (χ2n) is 5.92. The van der Waals surface area contributed by atoms with Crippen molar-refractivity contribution in [3.63, 3.8) is 0 Å². The summed E-state index contributed by atoms with van der Waals surface area (Å²) >= 11 is 0. The monoisotopic (exact) mass is 397 g/mol. The highest BCUT2D eigenvalue weighted by molar-refractivity contribution is 5.99. The van der Waals surface area contributed by atoms with Crippen molar-refractivity contribution in [2.75, 3.05) is 36.2 Å². The van der Waals surface area contributed by atoms with E-state index in [4.69, 9.17) is 9.84 Å². The number of ether oxygens (including phenoxy) is 1. The zero-order valence-electron chi connectivity index (χ0n) is 15.6. The lowest BCUT2D eigenvalue weighted by Gasteiger charge is -2.11. The minimum absolute atomic E-state index is 0.0388. The fraction of sp³-hybridized carbons (Fsp3) is 0.150. The van der Waals surface area contributed by atoms with E-state index in [1.165, 1.54) is 31.4 Å². The molecule has 2 aromatic carbocycles. The third kappa shape index (κ3) is 5.39. The topological polar surface area (TPSA) is 108 Å². The third-order valence-electron chi connectivity index (χ3n) is 3.88. The molecule has 9 heteroatoms. The van der Waals surface area contributed by atoms with Crippen LogP contribution in [0.4, 0.5) is 26.4 Å². The van der Waals surface area contributed by atoms with E-state index in [1.807, 2.05) is 0 Å². The van der Waals surface area contributed by atoms with E-state index in [2.05, 4.69) is 25.9 Å². The molecule has 1 heterocycles. The molecule has 8 nitrogen and oxygen atoms in total. The molecule has 4 N–H and O–H groups in total. The first-order chi connectivity index (χ1) is 14.1. The zero-order valence-corrected chi connectivity index (χ0v) is 15.6. The summed E-state index contributed by atoms with van der Waals surface area (Å²) in [5, 5.41) is 17.3. The van der Waals surface area contributed by atoms with Crippen molar-refractivity contribution >= 4 is 23.2 Å². The molecule has 3 aromatic rings. The average molecular weight is 397 g/mol. The number of carbonyl (C=O) groups excluding carboxylic acids is 1. The van der Waals surface area contributed by atoms with Gasteiger partial charge in [-0.25, -0.2) is 19.2 Å². The first-order valence-electron chi connectivity index (χ1n) is 8.79. The fourth-order valence-electron chi connectivity index (χ4n) is 2.49. The Bertz CT molecular complexity index is 965. The SMILES string of the molecule is COc1cnc(-c2ccc(NC(=O)Nc3ccc(F)cc3)cc2)nc1NCCO. The summed E-state index contributed by atoms with van der Waals surface area (Å²) in [6.07, 6.45) is 1.55. The van der Waals surface area contributed by atoms with Crippen molar-refractivity contribution in [1.29, 1.82) is 0 Å². The number of nitrogens with zero attached hydrogens (tertiary/aromatic N) is 2. The van der Waals surface area contributed by atoms with Crippen molar-refractivity contribution in [3.05, 3.63) is 60.5 Å². The number of halogens is 1. The third-order valence-corrected chi connectivity index (χ3v) is 3.88. The Kier molecular flexibility index (Phi) is 6.54. The standard InChI is InChI=1S/C20H20FN5O3/c1-29-17-12-23-18(26-19(17)22-10-11-27)13-2-6-15(7-3-13)24-20(28)25-16-8-4-14(21)5-9-16/h2-9,12,27H,10-11H2,1H3,(H,22,23,26)(H2,24,25,28). The number of nitrogens with one attached hydrogen (secondary N) is 3. The predicted molar refractivity (Wildman–Crippen MR) is 109 cm³/mol. The molecule has 3 rings (SSSR count). The van der Waals surface area contributed by atoms with Gasteiger partial charge in [0.1, 0.15) is 5.82 Å². The number of methoxy groups -OCH3 is 1. The average Bonchev–Trinajstić information content (AvgIpc) is 2.74. The largest absolute Gasteiger partial charge is 0.491 e. The Labute approximate surface area is 166 Å². The summed E-state index contributed by atoms with van der Waals surface area (Å²) in [7, 11) is 1.51. The lowest BCUT2D eigenvalue weighted by molar-refractivity contribution is 0.262. The number of anilines is 3.